The normalized spacial score (nSPS) is 13.0. The summed E-state index contributed by atoms with van der Waals surface area (Å²) < 4.78 is 1.85. The van der Waals surface area contributed by atoms with Crippen LogP contribution < -0.4 is 10.7 Å². The van der Waals surface area contributed by atoms with Crippen molar-refractivity contribution in [1.82, 2.24) is 9.55 Å². The van der Waals surface area contributed by atoms with Crippen molar-refractivity contribution in [3.05, 3.63) is 69.2 Å². The van der Waals surface area contributed by atoms with Gasteiger partial charge in [-0.3, -0.25) is 9.59 Å². The average molecular weight is 394 g/mol. The Morgan fingerprint density at radius 3 is 2.67 bits per heavy atom. The maximum Gasteiger partial charge on any atom is 0.245 e. The summed E-state index contributed by atoms with van der Waals surface area (Å²) in [4.78, 5) is 29.9. The zero-order valence-corrected chi connectivity index (χ0v) is 15.5. The van der Waals surface area contributed by atoms with Crippen LogP contribution in [-0.2, 0) is 11.3 Å². The molecule has 0 saturated carbocycles. The summed E-state index contributed by atoms with van der Waals surface area (Å²) in [5.74, 6) is 0.377. The van der Waals surface area contributed by atoms with Gasteiger partial charge in [-0.25, -0.2) is 4.98 Å². The first-order valence-electron chi connectivity index (χ1n) is 8.29. The standard InChI is InChI=1S/C20H12ClN3O2S/c21-12-7-5-11(6-8-12)14-10-27-20(22-14)17-18(26)13-3-1-2-4-15(13)24-9-16(25)23-19(17)24/h1-8,10H,9H2,(H,23,25). The second-order valence-corrected chi connectivity index (χ2v) is 7.54. The zero-order chi connectivity index (χ0) is 18.5. The Hall–Kier alpha value is -2.96. The van der Waals surface area contributed by atoms with E-state index in [1.54, 1.807) is 18.2 Å². The average Bonchev–Trinajstić information content (AvgIpc) is 3.30. The van der Waals surface area contributed by atoms with E-state index in [0.29, 0.717) is 26.8 Å². The summed E-state index contributed by atoms with van der Waals surface area (Å²) in [5, 5.41) is 6.55. The van der Waals surface area contributed by atoms with Gasteiger partial charge in [0, 0.05) is 21.4 Å². The lowest BCUT2D eigenvalue weighted by atomic mass is 10.1. The Morgan fingerprint density at radius 1 is 1.07 bits per heavy atom. The highest BCUT2D eigenvalue weighted by atomic mass is 35.5. The molecule has 5 rings (SSSR count). The third-order valence-corrected chi connectivity index (χ3v) is 5.70. The molecule has 2 aromatic heterocycles. The van der Waals surface area contributed by atoms with Gasteiger partial charge < -0.3 is 9.88 Å². The number of carbonyl (C=O) groups excluding carboxylic acids is 1. The molecular formula is C20H12ClN3O2S. The Balaban J connectivity index is 1.74. The molecule has 0 fully saturated rings. The van der Waals surface area contributed by atoms with Gasteiger partial charge in [0.25, 0.3) is 0 Å². The summed E-state index contributed by atoms with van der Waals surface area (Å²) in [6, 6.07) is 14.7. The van der Waals surface area contributed by atoms with Gasteiger partial charge in [0.2, 0.25) is 11.3 Å². The van der Waals surface area contributed by atoms with Crippen molar-refractivity contribution in [2.45, 2.75) is 6.54 Å². The fourth-order valence-corrected chi connectivity index (χ4v) is 4.34. The second kappa shape index (κ2) is 6.04. The molecule has 0 saturated heterocycles. The number of carbonyl (C=O) groups is 1. The number of halogens is 1. The molecule has 2 aromatic carbocycles. The van der Waals surface area contributed by atoms with E-state index in [4.69, 9.17) is 11.6 Å². The Morgan fingerprint density at radius 2 is 1.85 bits per heavy atom. The van der Waals surface area contributed by atoms with E-state index in [1.807, 2.05) is 40.3 Å². The molecule has 0 aliphatic carbocycles. The minimum absolute atomic E-state index is 0.129. The van der Waals surface area contributed by atoms with Crippen LogP contribution >= 0.6 is 22.9 Å². The molecule has 1 aliphatic heterocycles. The molecule has 0 spiro atoms. The van der Waals surface area contributed by atoms with Crippen molar-refractivity contribution < 1.29 is 4.79 Å². The predicted molar refractivity (Wildman–Crippen MR) is 108 cm³/mol. The Labute approximate surface area is 162 Å². The monoisotopic (exact) mass is 393 g/mol. The minimum Gasteiger partial charge on any atom is -0.317 e. The fourth-order valence-electron chi connectivity index (χ4n) is 3.35. The van der Waals surface area contributed by atoms with Crippen LogP contribution in [0.25, 0.3) is 32.7 Å². The van der Waals surface area contributed by atoms with E-state index < -0.39 is 0 Å². The molecular weight excluding hydrogens is 382 g/mol. The molecule has 4 aromatic rings. The van der Waals surface area contributed by atoms with Crippen LogP contribution in [0.4, 0.5) is 5.82 Å². The Bertz CT molecular complexity index is 1270. The number of amides is 1. The molecule has 7 heteroatoms. The van der Waals surface area contributed by atoms with E-state index in [2.05, 4.69) is 10.3 Å². The third kappa shape index (κ3) is 2.57. The van der Waals surface area contributed by atoms with E-state index >= 15 is 0 Å². The predicted octanol–water partition coefficient (Wildman–Crippen LogP) is 4.40. The number of hydrogen-bond acceptors (Lipinski definition) is 4. The van der Waals surface area contributed by atoms with Gasteiger partial charge in [0.1, 0.15) is 17.4 Å². The fraction of sp³-hybridized carbons (Fsp3) is 0.0500. The van der Waals surface area contributed by atoms with E-state index in [1.165, 1.54) is 11.3 Å². The highest BCUT2D eigenvalue weighted by molar-refractivity contribution is 7.13. The van der Waals surface area contributed by atoms with Crippen molar-refractivity contribution in [3.8, 4) is 21.8 Å². The Kier molecular flexibility index (Phi) is 3.63. The van der Waals surface area contributed by atoms with Crippen LogP contribution in [0.1, 0.15) is 0 Å². The molecule has 0 radical (unpaired) electrons. The topological polar surface area (TPSA) is 64.0 Å². The highest BCUT2D eigenvalue weighted by Gasteiger charge is 2.27. The summed E-state index contributed by atoms with van der Waals surface area (Å²) in [7, 11) is 0. The smallest absolute Gasteiger partial charge is 0.245 e. The molecule has 0 unspecified atom stereocenters. The highest BCUT2D eigenvalue weighted by Crippen LogP contribution is 2.35. The molecule has 3 heterocycles. The lowest BCUT2D eigenvalue weighted by molar-refractivity contribution is -0.115. The molecule has 0 atom stereocenters. The number of hydrogen-bond donors (Lipinski definition) is 1. The summed E-state index contributed by atoms with van der Waals surface area (Å²) in [5.41, 5.74) is 2.74. The summed E-state index contributed by atoms with van der Waals surface area (Å²) >= 11 is 7.33. The number of pyridine rings is 1. The zero-order valence-electron chi connectivity index (χ0n) is 13.9. The van der Waals surface area contributed by atoms with Gasteiger partial charge in [-0.15, -0.1) is 11.3 Å². The first kappa shape index (κ1) is 16.2. The number of rotatable bonds is 2. The maximum atomic E-state index is 13.2. The first-order valence-corrected chi connectivity index (χ1v) is 9.55. The summed E-state index contributed by atoms with van der Waals surface area (Å²) in [6.07, 6.45) is 0. The van der Waals surface area contributed by atoms with Crippen LogP contribution in [-0.4, -0.2) is 15.5 Å². The van der Waals surface area contributed by atoms with Crippen molar-refractivity contribution in [2.24, 2.45) is 0 Å². The second-order valence-electron chi connectivity index (χ2n) is 6.25. The van der Waals surface area contributed by atoms with Crippen LogP contribution in [0.3, 0.4) is 0 Å². The molecule has 0 bridgehead atoms. The molecule has 5 nitrogen and oxygen atoms in total. The van der Waals surface area contributed by atoms with Crippen LogP contribution in [0.15, 0.2) is 58.7 Å². The van der Waals surface area contributed by atoms with Crippen LogP contribution in [0.2, 0.25) is 5.02 Å². The molecule has 1 aliphatic rings. The minimum atomic E-state index is -0.138. The van der Waals surface area contributed by atoms with Crippen LogP contribution in [0, 0.1) is 0 Å². The third-order valence-electron chi connectivity index (χ3n) is 4.59. The SMILES string of the molecule is O=C1Cn2c(c(-c3nc(-c4ccc(Cl)cc4)cs3)c(=O)c3ccccc32)N1. The lowest BCUT2D eigenvalue weighted by Crippen LogP contribution is -2.12. The number of benzene rings is 2. The van der Waals surface area contributed by atoms with Crippen LogP contribution in [0.5, 0.6) is 0 Å². The number of aromatic nitrogens is 2. The quantitative estimate of drug-likeness (QED) is 0.549. The van der Waals surface area contributed by atoms with E-state index in [0.717, 1.165) is 16.8 Å². The lowest BCUT2D eigenvalue weighted by Gasteiger charge is -2.11. The van der Waals surface area contributed by atoms with Gasteiger partial charge in [-0.1, -0.05) is 35.9 Å². The number of fused-ring (bicyclic) bond motifs is 3. The summed E-state index contributed by atoms with van der Waals surface area (Å²) in [6.45, 7) is 0.193. The largest absolute Gasteiger partial charge is 0.317 e. The number of para-hydroxylation sites is 1. The van der Waals surface area contributed by atoms with E-state index in [-0.39, 0.29) is 17.9 Å². The molecule has 1 N–H and O–H groups in total. The van der Waals surface area contributed by atoms with E-state index in [9.17, 15) is 9.59 Å². The van der Waals surface area contributed by atoms with Crippen molar-refractivity contribution in [1.29, 1.82) is 0 Å². The van der Waals surface area contributed by atoms with Crippen molar-refractivity contribution >= 4 is 45.6 Å². The van der Waals surface area contributed by atoms with Gasteiger partial charge in [-0.05, 0) is 24.3 Å². The first-order chi connectivity index (χ1) is 13.1. The molecule has 1 amide bonds. The van der Waals surface area contributed by atoms with Gasteiger partial charge in [0.15, 0.2) is 0 Å². The van der Waals surface area contributed by atoms with Crippen molar-refractivity contribution in [2.75, 3.05) is 5.32 Å². The molecule has 132 valence electrons. The number of nitrogens with zero attached hydrogens (tertiary/aromatic N) is 2. The van der Waals surface area contributed by atoms with Gasteiger partial charge >= 0.3 is 0 Å². The molecule has 27 heavy (non-hydrogen) atoms. The van der Waals surface area contributed by atoms with Gasteiger partial charge in [-0.2, -0.15) is 0 Å². The van der Waals surface area contributed by atoms with Crippen molar-refractivity contribution in [3.63, 3.8) is 0 Å². The maximum absolute atomic E-state index is 13.2. The van der Waals surface area contributed by atoms with Gasteiger partial charge in [0.05, 0.1) is 16.8 Å². The number of thiazole rings is 1. The number of anilines is 1. The number of nitrogens with one attached hydrogen (secondary N) is 1.